The second kappa shape index (κ2) is 6.01. The van der Waals surface area contributed by atoms with Crippen LogP contribution in [-0.4, -0.2) is 28.5 Å². The molecule has 0 aliphatic carbocycles. The van der Waals surface area contributed by atoms with Crippen molar-refractivity contribution in [2.24, 2.45) is 0 Å². The average molecular weight is 268 g/mol. The molecule has 0 bridgehead atoms. The minimum atomic E-state index is 0.479. The first-order valence-corrected chi connectivity index (χ1v) is 7.14. The third-order valence-electron chi connectivity index (χ3n) is 3.88. The van der Waals surface area contributed by atoms with E-state index in [9.17, 15) is 0 Å². The largest absolute Gasteiger partial charge is 0.373 e. The molecular weight excluding hydrogens is 248 g/mol. The van der Waals surface area contributed by atoms with Crippen molar-refractivity contribution in [2.75, 3.05) is 18.9 Å². The number of nitrogens with one attached hydrogen (secondary N) is 1. The maximum atomic E-state index is 4.44. The highest BCUT2D eigenvalue weighted by molar-refractivity contribution is 5.38. The van der Waals surface area contributed by atoms with E-state index in [2.05, 4.69) is 44.5 Å². The molecule has 0 radical (unpaired) electrons. The zero-order valence-electron chi connectivity index (χ0n) is 11.8. The molecule has 4 nitrogen and oxygen atoms in total. The molecule has 1 N–H and O–H groups in total. The van der Waals surface area contributed by atoms with E-state index in [-0.39, 0.29) is 0 Å². The second-order valence-electron chi connectivity index (χ2n) is 5.17. The first-order valence-electron chi connectivity index (χ1n) is 7.14. The molecule has 1 saturated heterocycles. The number of aromatic nitrogens is 2. The van der Waals surface area contributed by atoms with Gasteiger partial charge in [-0.2, -0.15) is 0 Å². The van der Waals surface area contributed by atoms with Crippen LogP contribution in [0.15, 0.2) is 42.7 Å². The van der Waals surface area contributed by atoms with Gasteiger partial charge in [-0.15, -0.1) is 0 Å². The maximum absolute atomic E-state index is 4.44. The molecule has 1 atom stereocenters. The van der Waals surface area contributed by atoms with Crippen LogP contribution in [0.2, 0.25) is 0 Å². The van der Waals surface area contributed by atoms with Crippen molar-refractivity contribution in [3.8, 4) is 0 Å². The predicted molar refractivity (Wildman–Crippen MR) is 80.4 cm³/mol. The van der Waals surface area contributed by atoms with Crippen molar-refractivity contribution in [2.45, 2.75) is 25.4 Å². The van der Waals surface area contributed by atoms with Crippen molar-refractivity contribution in [3.05, 3.63) is 54.0 Å². The third kappa shape index (κ3) is 2.80. The van der Waals surface area contributed by atoms with Crippen LogP contribution in [0.25, 0.3) is 0 Å². The van der Waals surface area contributed by atoms with Gasteiger partial charge in [0.05, 0.1) is 5.69 Å². The van der Waals surface area contributed by atoms with Crippen molar-refractivity contribution in [1.82, 2.24) is 14.9 Å². The monoisotopic (exact) mass is 268 g/mol. The molecule has 1 aliphatic rings. The first kappa shape index (κ1) is 13.1. The molecule has 2 aromatic rings. The number of hydrogen-bond donors (Lipinski definition) is 1. The lowest BCUT2D eigenvalue weighted by Crippen LogP contribution is -2.23. The van der Waals surface area contributed by atoms with Crippen LogP contribution in [0.5, 0.6) is 0 Å². The van der Waals surface area contributed by atoms with Crippen molar-refractivity contribution in [3.63, 3.8) is 0 Å². The fourth-order valence-electron chi connectivity index (χ4n) is 2.88. The zero-order valence-corrected chi connectivity index (χ0v) is 11.8. The van der Waals surface area contributed by atoms with Gasteiger partial charge >= 0.3 is 0 Å². The molecule has 0 saturated carbocycles. The Morgan fingerprint density at radius 1 is 1.25 bits per heavy atom. The molecule has 20 heavy (non-hydrogen) atoms. The van der Waals surface area contributed by atoms with Gasteiger partial charge in [0.1, 0.15) is 5.82 Å². The zero-order chi connectivity index (χ0) is 13.8. The van der Waals surface area contributed by atoms with Crippen LogP contribution in [0.3, 0.4) is 0 Å². The Kier molecular flexibility index (Phi) is 3.92. The highest BCUT2D eigenvalue weighted by Gasteiger charge is 2.26. The molecule has 0 spiro atoms. The van der Waals surface area contributed by atoms with Gasteiger partial charge in [-0.1, -0.05) is 6.07 Å². The fraction of sp³-hybridized carbons (Fsp3) is 0.375. The second-order valence-corrected chi connectivity index (χ2v) is 5.17. The van der Waals surface area contributed by atoms with E-state index in [0.717, 1.165) is 24.6 Å². The lowest BCUT2D eigenvalue weighted by atomic mass is 10.1. The van der Waals surface area contributed by atoms with Gasteiger partial charge in [-0.25, -0.2) is 4.98 Å². The first-order chi connectivity index (χ1) is 9.86. The minimum absolute atomic E-state index is 0.479. The van der Waals surface area contributed by atoms with Crippen molar-refractivity contribution in [1.29, 1.82) is 0 Å². The number of nitrogens with zero attached hydrogens (tertiary/aromatic N) is 3. The van der Waals surface area contributed by atoms with Crippen LogP contribution >= 0.6 is 0 Å². The quantitative estimate of drug-likeness (QED) is 0.925. The number of hydrogen-bond acceptors (Lipinski definition) is 4. The van der Waals surface area contributed by atoms with Crippen molar-refractivity contribution < 1.29 is 0 Å². The van der Waals surface area contributed by atoms with E-state index in [1.807, 2.05) is 25.5 Å². The smallest absolute Gasteiger partial charge is 0.125 e. The van der Waals surface area contributed by atoms with Gasteiger partial charge in [-0.05, 0) is 49.2 Å². The van der Waals surface area contributed by atoms with Gasteiger partial charge in [0.15, 0.2) is 0 Å². The van der Waals surface area contributed by atoms with E-state index < -0.39 is 0 Å². The normalized spacial score (nSPS) is 19.1. The van der Waals surface area contributed by atoms with Gasteiger partial charge in [0, 0.05) is 32.0 Å². The topological polar surface area (TPSA) is 41.0 Å². The fourth-order valence-corrected chi connectivity index (χ4v) is 2.88. The standard InChI is InChI=1S/C16H20N4/c1-17-16-11-13(7-9-19-16)15-6-4-10-20(15)12-14-5-2-3-8-18-14/h2-3,5,7-9,11,15H,4,6,10,12H2,1H3,(H,17,19)/t15-/m1/s1. The summed E-state index contributed by atoms with van der Waals surface area (Å²) in [5.74, 6) is 0.937. The Balaban J connectivity index is 1.78. The average Bonchev–Trinajstić information content (AvgIpc) is 2.96. The summed E-state index contributed by atoms with van der Waals surface area (Å²) in [6.45, 7) is 2.06. The summed E-state index contributed by atoms with van der Waals surface area (Å²) < 4.78 is 0. The summed E-state index contributed by atoms with van der Waals surface area (Å²) in [7, 11) is 1.91. The van der Waals surface area contributed by atoms with Crippen LogP contribution in [-0.2, 0) is 6.54 Å². The van der Waals surface area contributed by atoms with Crippen LogP contribution in [0, 0.1) is 0 Å². The molecule has 1 aliphatic heterocycles. The van der Waals surface area contributed by atoms with Crippen LogP contribution in [0.4, 0.5) is 5.82 Å². The van der Waals surface area contributed by atoms with E-state index in [1.165, 1.54) is 18.4 Å². The van der Waals surface area contributed by atoms with Gasteiger partial charge in [0.2, 0.25) is 0 Å². The van der Waals surface area contributed by atoms with Gasteiger partial charge < -0.3 is 5.32 Å². The lowest BCUT2D eigenvalue weighted by Gasteiger charge is -2.24. The van der Waals surface area contributed by atoms with Crippen LogP contribution in [0.1, 0.15) is 30.1 Å². The molecule has 3 heterocycles. The van der Waals surface area contributed by atoms with Gasteiger partial charge in [-0.3, -0.25) is 9.88 Å². The SMILES string of the molecule is CNc1cc([C@H]2CCCN2Cc2ccccn2)ccn1. The predicted octanol–water partition coefficient (Wildman–Crippen LogP) is 2.86. The summed E-state index contributed by atoms with van der Waals surface area (Å²) in [5.41, 5.74) is 2.49. The Morgan fingerprint density at radius 2 is 2.20 bits per heavy atom. The molecule has 3 rings (SSSR count). The molecule has 4 heteroatoms. The molecule has 1 fully saturated rings. The van der Waals surface area contributed by atoms with E-state index >= 15 is 0 Å². The Hall–Kier alpha value is -1.94. The third-order valence-corrected chi connectivity index (χ3v) is 3.88. The summed E-state index contributed by atoms with van der Waals surface area (Å²) in [5, 5.41) is 3.11. The Morgan fingerprint density at radius 3 is 3.00 bits per heavy atom. The molecule has 0 amide bonds. The summed E-state index contributed by atoms with van der Waals surface area (Å²) in [4.78, 5) is 11.2. The summed E-state index contributed by atoms with van der Waals surface area (Å²) >= 11 is 0. The molecular formula is C16H20N4. The van der Waals surface area contributed by atoms with Gasteiger partial charge in [0.25, 0.3) is 0 Å². The summed E-state index contributed by atoms with van der Waals surface area (Å²) in [6, 6.07) is 10.9. The Labute approximate surface area is 119 Å². The van der Waals surface area contributed by atoms with E-state index in [0.29, 0.717) is 6.04 Å². The van der Waals surface area contributed by atoms with E-state index in [1.54, 1.807) is 0 Å². The number of anilines is 1. The molecule has 104 valence electrons. The van der Waals surface area contributed by atoms with Crippen molar-refractivity contribution >= 4 is 5.82 Å². The molecule has 0 unspecified atom stereocenters. The molecule has 2 aromatic heterocycles. The lowest BCUT2D eigenvalue weighted by molar-refractivity contribution is 0.245. The molecule has 0 aromatic carbocycles. The number of rotatable bonds is 4. The number of likely N-dealkylation sites (tertiary alicyclic amines) is 1. The highest BCUT2D eigenvalue weighted by atomic mass is 15.2. The van der Waals surface area contributed by atoms with Crippen LogP contribution < -0.4 is 5.32 Å². The van der Waals surface area contributed by atoms with E-state index in [4.69, 9.17) is 0 Å². The maximum Gasteiger partial charge on any atom is 0.125 e. The summed E-state index contributed by atoms with van der Waals surface area (Å²) in [6.07, 6.45) is 6.21. The highest BCUT2D eigenvalue weighted by Crippen LogP contribution is 2.33. The Bertz CT molecular complexity index is 555. The number of pyridine rings is 2. The minimum Gasteiger partial charge on any atom is -0.373 e.